The van der Waals surface area contributed by atoms with Gasteiger partial charge in [-0.25, -0.2) is 9.97 Å². The molecule has 0 amide bonds. The molecule has 0 N–H and O–H groups in total. The maximum Gasteiger partial charge on any atom is 0.131 e. The lowest BCUT2D eigenvalue weighted by molar-refractivity contribution is 0.116. The average Bonchev–Trinajstić information content (AvgIpc) is 2.90. The lowest BCUT2D eigenvalue weighted by Crippen LogP contribution is -2.29. The molecule has 1 aromatic rings. The van der Waals surface area contributed by atoms with Gasteiger partial charge < -0.3 is 9.64 Å². The molecule has 0 bridgehead atoms. The Hall–Kier alpha value is -0.870. The van der Waals surface area contributed by atoms with Gasteiger partial charge in [-0.3, -0.25) is 0 Å². The van der Waals surface area contributed by atoms with Crippen molar-refractivity contribution in [3.8, 4) is 0 Å². The quantitative estimate of drug-likeness (QED) is 0.779. The van der Waals surface area contributed by atoms with Gasteiger partial charge in [-0.05, 0) is 12.8 Å². The minimum atomic E-state index is 0.318. The minimum absolute atomic E-state index is 0.318. The third-order valence-electron chi connectivity index (χ3n) is 3.42. The number of likely N-dealkylation sites (N-methyl/N-ethyl adjacent to an activating group) is 1. The molecule has 1 saturated heterocycles. The lowest BCUT2D eigenvalue weighted by Gasteiger charge is -2.24. The third-order valence-corrected chi connectivity index (χ3v) is 3.67. The summed E-state index contributed by atoms with van der Waals surface area (Å²) in [6.45, 7) is 5.92. The molecular formula is C14H22ClN3O. The number of hydrogen-bond donors (Lipinski definition) is 0. The predicted octanol–water partition coefficient (Wildman–Crippen LogP) is 2.95. The molecule has 0 saturated carbocycles. The van der Waals surface area contributed by atoms with E-state index in [1.807, 2.05) is 13.2 Å². The number of nitrogens with zero attached hydrogens (tertiary/aromatic N) is 3. The van der Waals surface area contributed by atoms with Crippen molar-refractivity contribution in [1.82, 2.24) is 9.97 Å². The van der Waals surface area contributed by atoms with E-state index < -0.39 is 0 Å². The number of rotatable bonds is 5. The maximum atomic E-state index is 6.02. The molecule has 0 spiro atoms. The van der Waals surface area contributed by atoms with Crippen LogP contribution < -0.4 is 4.90 Å². The standard InChI is InChI=1S/C14H22ClN3O/c1-10(2)14-16-8-13(12(7-15)17-14)18(3)9-11-5-4-6-19-11/h8,10-11H,4-7,9H2,1-3H3. The maximum absolute atomic E-state index is 6.02. The SMILES string of the molecule is CC(C)c1ncc(N(C)CC2CCCO2)c(CCl)n1. The molecule has 2 heterocycles. The Morgan fingerprint density at radius 3 is 2.89 bits per heavy atom. The van der Waals surface area contributed by atoms with Crippen molar-refractivity contribution >= 4 is 17.3 Å². The molecule has 1 aromatic heterocycles. The van der Waals surface area contributed by atoms with Crippen molar-refractivity contribution in [1.29, 1.82) is 0 Å². The molecule has 1 aliphatic heterocycles. The van der Waals surface area contributed by atoms with Gasteiger partial charge in [0, 0.05) is 26.1 Å². The second kappa shape index (κ2) is 6.53. The van der Waals surface area contributed by atoms with E-state index in [2.05, 4.69) is 28.7 Å². The summed E-state index contributed by atoms with van der Waals surface area (Å²) in [5, 5.41) is 0. The van der Waals surface area contributed by atoms with E-state index in [4.69, 9.17) is 16.3 Å². The van der Waals surface area contributed by atoms with Gasteiger partial charge >= 0.3 is 0 Å². The fourth-order valence-corrected chi connectivity index (χ4v) is 2.51. The van der Waals surface area contributed by atoms with Gasteiger partial charge in [0.05, 0.1) is 29.6 Å². The van der Waals surface area contributed by atoms with Crippen molar-refractivity contribution in [2.75, 3.05) is 25.1 Å². The van der Waals surface area contributed by atoms with E-state index in [-0.39, 0.29) is 0 Å². The zero-order valence-electron chi connectivity index (χ0n) is 11.9. The van der Waals surface area contributed by atoms with Crippen LogP contribution in [0.3, 0.4) is 0 Å². The van der Waals surface area contributed by atoms with Gasteiger partial charge in [0.2, 0.25) is 0 Å². The summed E-state index contributed by atoms with van der Waals surface area (Å²) >= 11 is 6.02. The first-order valence-electron chi connectivity index (χ1n) is 6.86. The first-order valence-corrected chi connectivity index (χ1v) is 7.39. The monoisotopic (exact) mass is 283 g/mol. The molecule has 1 aliphatic rings. The van der Waals surface area contributed by atoms with E-state index in [1.165, 1.54) is 0 Å². The first kappa shape index (κ1) is 14.5. The highest BCUT2D eigenvalue weighted by Gasteiger charge is 2.19. The summed E-state index contributed by atoms with van der Waals surface area (Å²) in [4.78, 5) is 11.1. The molecule has 5 heteroatoms. The summed E-state index contributed by atoms with van der Waals surface area (Å²) < 4.78 is 5.67. The molecule has 4 nitrogen and oxygen atoms in total. The van der Waals surface area contributed by atoms with Crippen molar-refractivity contribution in [3.63, 3.8) is 0 Å². The van der Waals surface area contributed by atoms with Crippen LogP contribution in [0.5, 0.6) is 0 Å². The number of alkyl halides is 1. The summed E-state index contributed by atoms with van der Waals surface area (Å²) in [6, 6.07) is 0. The van der Waals surface area contributed by atoms with Crippen molar-refractivity contribution in [2.24, 2.45) is 0 Å². The molecule has 0 aromatic carbocycles. The van der Waals surface area contributed by atoms with Crippen LogP contribution in [-0.4, -0.2) is 36.3 Å². The fourth-order valence-electron chi connectivity index (χ4n) is 2.31. The van der Waals surface area contributed by atoms with Crippen molar-refractivity contribution in [2.45, 2.75) is 44.6 Å². The Balaban J connectivity index is 2.13. The molecular weight excluding hydrogens is 262 g/mol. The van der Waals surface area contributed by atoms with Crippen molar-refractivity contribution < 1.29 is 4.74 Å². The van der Waals surface area contributed by atoms with E-state index in [0.29, 0.717) is 17.9 Å². The van der Waals surface area contributed by atoms with Crippen LogP contribution in [-0.2, 0) is 10.6 Å². The van der Waals surface area contributed by atoms with Gasteiger partial charge in [-0.1, -0.05) is 13.8 Å². The number of anilines is 1. The van der Waals surface area contributed by atoms with Crippen LogP contribution in [0.15, 0.2) is 6.20 Å². The number of aromatic nitrogens is 2. The largest absolute Gasteiger partial charge is 0.376 e. The van der Waals surface area contributed by atoms with E-state index in [9.17, 15) is 0 Å². The van der Waals surface area contributed by atoms with Gasteiger partial charge in [-0.15, -0.1) is 11.6 Å². The Morgan fingerprint density at radius 2 is 2.32 bits per heavy atom. The zero-order valence-corrected chi connectivity index (χ0v) is 12.7. The molecule has 1 unspecified atom stereocenters. The zero-order chi connectivity index (χ0) is 13.8. The van der Waals surface area contributed by atoms with Gasteiger partial charge in [0.15, 0.2) is 0 Å². The summed E-state index contributed by atoms with van der Waals surface area (Å²) in [6.07, 6.45) is 4.49. The van der Waals surface area contributed by atoms with E-state index >= 15 is 0 Å². The topological polar surface area (TPSA) is 38.2 Å². The summed E-state index contributed by atoms with van der Waals surface area (Å²) in [5.41, 5.74) is 1.91. The molecule has 1 fully saturated rings. The van der Waals surface area contributed by atoms with Crippen LogP contribution in [0.4, 0.5) is 5.69 Å². The van der Waals surface area contributed by atoms with E-state index in [0.717, 1.165) is 43.2 Å². The minimum Gasteiger partial charge on any atom is -0.376 e. The molecule has 2 rings (SSSR count). The molecule has 0 radical (unpaired) electrons. The van der Waals surface area contributed by atoms with Gasteiger partial charge in [0.25, 0.3) is 0 Å². The first-order chi connectivity index (χ1) is 9.11. The third kappa shape index (κ3) is 3.57. The average molecular weight is 284 g/mol. The van der Waals surface area contributed by atoms with Gasteiger partial charge in [-0.2, -0.15) is 0 Å². The smallest absolute Gasteiger partial charge is 0.131 e. The second-order valence-corrected chi connectivity index (χ2v) is 5.63. The summed E-state index contributed by atoms with van der Waals surface area (Å²) in [7, 11) is 2.05. The fraction of sp³-hybridized carbons (Fsp3) is 0.714. The molecule has 0 aliphatic carbocycles. The highest BCUT2D eigenvalue weighted by Crippen LogP contribution is 2.23. The molecule has 19 heavy (non-hydrogen) atoms. The van der Waals surface area contributed by atoms with E-state index in [1.54, 1.807) is 0 Å². The Bertz CT molecular complexity index is 419. The van der Waals surface area contributed by atoms with Crippen LogP contribution >= 0.6 is 11.6 Å². The lowest BCUT2D eigenvalue weighted by atomic mass is 10.2. The Kier molecular flexibility index (Phi) is 4.99. The number of hydrogen-bond acceptors (Lipinski definition) is 4. The number of halogens is 1. The highest BCUT2D eigenvalue weighted by molar-refractivity contribution is 6.17. The van der Waals surface area contributed by atoms with Crippen molar-refractivity contribution in [3.05, 3.63) is 17.7 Å². The van der Waals surface area contributed by atoms with Gasteiger partial charge in [0.1, 0.15) is 5.82 Å². The predicted molar refractivity (Wildman–Crippen MR) is 77.9 cm³/mol. The normalized spacial score (nSPS) is 19.1. The van der Waals surface area contributed by atoms with Crippen LogP contribution in [0, 0.1) is 0 Å². The second-order valence-electron chi connectivity index (χ2n) is 5.36. The summed E-state index contributed by atoms with van der Waals surface area (Å²) in [5.74, 6) is 1.58. The highest BCUT2D eigenvalue weighted by atomic mass is 35.5. The Labute approximate surface area is 120 Å². The molecule has 106 valence electrons. The van der Waals surface area contributed by atoms with Crippen LogP contribution in [0.2, 0.25) is 0 Å². The van der Waals surface area contributed by atoms with Crippen LogP contribution in [0.25, 0.3) is 0 Å². The molecule has 1 atom stereocenters. The Morgan fingerprint density at radius 1 is 1.53 bits per heavy atom. The number of ether oxygens (including phenoxy) is 1. The van der Waals surface area contributed by atoms with Crippen LogP contribution in [0.1, 0.15) is 44.1 Å².